The van der Waals surface area contributed by atoms with Gasteiger partial charge in [-0.3, -0.25) is 19.3 Å². The van der Waals surface area contributed by atoms with Gasteiger partial charge in [-0.25, -0.2) is 0 Å². The van der Waals surface area contributed by atoms with Crippen molar-refractivity contribution in [2.75, 3.05) is 47.4 Å². The topological polar surface area (TPSA) is 91.4 Å². The van der Waals surface area contributed by atoms with E-state index in [2.05, 4.69) is 5.32 Å². The Morgan fingerprint density at radius 1 is 1.12 bits per heavy atom. The van der Waals surface area contributed by atoms with Crippen LogP contribution in [0.5, 0.6) is 11.5 Å². The van der Waals surface area contributed by atoms with Gasteiger partial charge in [-0.2, -0.15) is 0 Å². The summed E-state index contributed by atoms with van der Waals surface area (Å²) in [4.78, 5) is 43.3. The SMILES string of the molecule is COc1ccc(OC)c(C(=O)N2CCC3(CCN(C(=O)CC4NC(=S)N(C)C4=O)C3)CC2)c1. The van der Waals surface area contributed by atoms with E-state index in [0.717, 1.165) is 19.3 Å². The van der Waals surface area contributed by atoms with Crippen LogP contribution in [0.1, 0.15) is 36.0 Å². The minimum atomic E-state index is -0.580. The number of nitrogens with zero attached hydrogens (tertiary/aromatic N) is 3. The van der Waals surface area contributed by atoms with Crippen molar-refractivity contribution in [1.29, 1.82) is 0 Å². The third-order valence-corrected chi connectivity index (χ3v) is 7.54. The highest BCUT2D eigenvalue weighted by atomic mass is 32.1. The summed E-state index contributed by atoms with van der Waals surface area (Å²) in [5, 5.41) is 3.29. The summed E-state index contributed by atoms with van der Waals surface area (Å²) in [6.45, 7) is 2.60. The van der Waals surface area contributed by atoms with E-state index in [1.54, 1.807) is 39.5 Å². The third-order valence-electron chi connectivity index (χ3n) is 7.15. The molecule has 10 heteroatoms. The summed E-state index contributed by atoms with van der Waals surface area (Å²) in [7, 11) is 4.73. The van der Waals surface area contributed by atoms with E-state index in [1.807, 2.05) is 9.80 Å². The van der Waals surface area contributed by atoms with Crippen molar-refractivity contribution in [3.8, 4) is 11.5 Å². The van der Waals surface area contributed by atoms with Crippen LogP contribution in [-0.2, 0) is 9.59 Å². The minimum Gasteiger partial charge on any atom is -0.497 e. The molecule has 1 N–H and O–H groups in total. The summed E-state index contributed by atoms with van der Waals surface area (Å²) >= 11 is 5.10. The zero-order valence-electron chi connectivity index (χ0n) is 19.3. The Morgan fingerprint density at radius 3 is 2.36 bits per heavy atom. The van der Waals surface area contributed by atoms with Gasteiger partial charge >= 0.3 is 0 Å². The molecule has 3 saturated heterocycles. The van der Waals surface area contributed by atoms with Crippen LogP contribution in [0.3, 0.4) is 0 Å². The van der Waals surface area contributed by atoms with Crippen LogP contribution in [0.25, 0.3) is 0 Å². The number of likely N-dealkylation sites (N-methyl/N-ethyl adjacent to an activating group) is 1. The average Bonchev–Trinajstić information content (AvgIpc) is 3.35. The number of nitrogens with one attached hydrogen (secondary N) is 1. The molecular weight excluding hydrogens is 444 g/mol. The second kappa shape index (κ2) is 9.17. The maximum Gasteiger partial charge on any atom is 0.257 e. The molecule has 3 heterocycles. The number of likely N-dealkylation sites (tertiary alicyclic amines) is 2. The van der Waals surface area contributed by atoms with Gasteiger partial charge in [0.15, 0.2) is 5.11 Å². The second-order valence-corrected chi connectivity index (χ2v) is 9.41. The summed E-state index contributed by atoms with van der Waals surface area (Å²) in [6, 6.07) is 4.64. The van der Waals surface area contributed by atoms with Gasteiger partial charge in [-0.15, -0.1) is 0 Å². The standard InChI is InChI=1S/C23H30N4O5S/c1-25-21(30)17(24-22(25)33)13-19(28)27-11-8-23(14-27)6-9-26(10-7-23)20(29)16-12-15(31-2)4-5-18(16)32-3/h4-5,12,17H,6-11,13-14H2,1-3H3,(H,24,33). The van der Waals surface area contributed by atoms with Gasteiger partial charge in [-0.1, -0.05) is 0 Å². The summed E-state index contributed by atoms with van der Waals surface area (Å²) in [5.41, 5.74) is 0.511. The number of thiocarbonyl (C=S) groups is 1. The van der Waals surface area contributed by atoms with Gasteiger partial charge in [0.05, 0.1) is 26.2 Å². The summed E-state index contributed by atoms with van der Waals surface area (Å²) in [6.07, 6.45) is 2.69. The Hall–Kier alpha value is -2.88. The molecule has 1 aromatic carbocycles. The lowest BCUT2D eigenvalue weighted by Gasteiger charge is -2.39. The molecule has 33 heavy (non-hydrogen) atoms. The van der Waals surface area contributed by atoms with Gasteiger partial charge in [0.25, 0.3) is 11.8 Å². The molecule has 1 spiro atoms. The van der Waals surface area contributed by atoms with E-state index in [-0.39, 0.29) is 29.6 Å². The number of hydrogen-bond acceptors (Lipinski definition) is 6. The first-order valence-electron chi connectivity index (χ1n) is 11.1. The number of carbonyl (C=O) groups excluding carboxylic acids is 3. The fourth-order valence-corrected chi connectivity index (χ4v) is 5.21. The summed E-state index contributed by atoms with van der Waals surface area (Å²) < 4.78 is 10.6. The Morgan fingerprint density at radius 2 is 1.79 bits per heavy atom. The van der Waals surface area contributed by atoms with Crippen molar-refractivity contribution in [3.63, 3.8) is 0 Å². The molecule has 1 atom stereocenters. The Kier molecular flexibility index (Phi) is 6.47. The number of ether oxygens (including phenoxy) is 2. The molecule has 3 fully saturated rings. The molecule has 178 valence electrons. The van der Waals surface area contributed by atoms with Crippen molar-refractivity contribution in [2.45, 2.75) is 31.7 Å². The van der Waals surface area contributed by atoms with Crippen LogP contribution in [-0.4, -0.2) is 91.0 Å². The number of rotatable bonds is 5. The number of benzene rings is 1. The van der Waals surface area contributed by atoms with E-state index in [0.29, 0.717) is 48.4 Å². The molecule has 0 bridgehead atoms. The Bertz CT molecular complexity index is 976. The van der Waals surface area contributed by atoms with E-state index < -0.39 is 6.04 Å². The highest BCUT2D eigenvalue weighted by molar-refractivity contribution is 7.80. The first-order valence-corrected chi connectivity index (χ1v) is 11.5. The molecule has 3 aliphatic heterocycles. The highest BCUT2D eigenvalue weighted by Gasteiger charge is 2.44. The lowest BCUT2D eigenvalue weighted by atomic mass is 9.77. The molecule has 0 radical (unpaired) electrons. The van der Waals surface area contributed by atoms with E-state index in [1.165, 1.54) is 4.90 Å². The molecule has 3 aliphatic rings. The number of carbonyl (C=O) groups is 3. The van der Waals surface area contributed by atoms with Gasteiger partial charge in [0.1, 0.15) is 17.5 Å². The first-order chi connectivity index (χ1) is 15.8. The first kappa shape index (κ1) is 23.3. The zero-order valence-corrected chi connectivity index (χ0v) is 20.1. The van der Waals surface area contributed by atoms with Crippen LogP contribution in [0.4, 0.5) is 0 Å². The fraction of sp³-hybridized carbons (Fsp3) is 0.565. The lowest BCUT2D eigenvalue weighted by molar-refractivity contribution is -0.135. The summed E-state index contributed by atoms with van der Waals surface area (Å²) in [5.74, 6) is 0.869. The number of amides is 3. The Balaban J connectivity index is 1.34. The predicted octanol–water partition coefficient (Wildman–Crippen LogP) is 1.26. The van der Waals surface area contributed by atoms with E-state index in [4.69, 9.17) is 21.7 Å². The average molecular weight is 475 g/mol. The third kappa shape index (κ3) is 4.48. The van der Waals surface area contributed by atoms with Gasteiger partial charge in [0, 0.05) is 33.2 Å². The van der Waals surface area contributed by atoms with Crippen molar-refractivity contribution < 1.29 is 23.9 Å². The second-order valence-electron chi connectivity index (χ2n) is 9.03. The van der Waals surface area contributed by atoms with Crippen LogP contribution in [0.15, 0.2) is 18.2 Å². The normalized spacial score (nSPS) is 22.0. The maximum absolute atomic E-state index is 13.2. The number of piperidine rings is 1. The van der Waals surface area contributed by atoms with Gasteiger partial charge < -0.3 is 24.6 Å². The lowest BCUT2D eigenvalue weighted by Crippen LogP contribution is -2.45. The maximum atomic E-state index is 13.2. The van der Waals surface area contributed by atoms with Crippen molar-refractivity contribution in [1.82, 2.24) is 20.0 Å². The van der Waals surface area contributed by atoms with Gasteiger partial charge in [0.2, 0.25) is 5.91 Å². The smallest absolute Gasteiger partial charge is 0.257 e. The predicted molar refractivity (Wildman–Crippen MR) is 125 cm³/mol. The van der Waals surface area contributed by atoms with Crippen LogP contribution in [0, 0.1) is 5.41 Å². The number of hydrogen-bond donors (Lipinski definition) is 1. The molecule has 4 rings (SSSR count). The quantitative estimate of drug-likeness (QED) is 0.643. The molecule has 9 nitrogen and oxygen atoms in total. The molecule has 3 amide bonds. The van der Waals surface area contributed by atoms with Crippen LogP contribution < -0.4 is 14.8 Å². The van der Waals surface area contributed by atoms with Crippen LogP contribution in [0.2, 0.25) is 0 Å². The minimum absolute atomic E-state index is 0.0180. The highest BCUT2D eigenvalue weighted by Crippen LogP contribution is 2.41. The molecular formula is C23H30N4O5S. The number of methoxy groups -OCH3 is 2. The van der Waals surface area contributed by atoms with Crippen molar-refractivity contribution in [3.05, 3.63) is 23.8 Å². The van der Waals surface area contributed by atoms with E-state index in [9.17, 15) is 14.4 Å². The van der Waals surface area contributed by atoms with Crippen LogP contribution >= 0.6 is 12.2 Å². The van der Waals surface area contributed by atoms with Crippen molar-refractivity contribution in [2.24, 2.45) is 5.41 Å². The van der Waals surface area contributed by atoms with E-state index >= 15 is 0 Å². The zero-order chi connectivity index (χ0) is 23.8. The fourth-order valence-electron chi connectivity index (χ4n) is 4.98. The molecule has 0 saturated carbocycles. The Labute approximate surface area is 199 Å². The molecule has 1 unspecified atom stereocenters. The van der Waals surface area contributed by atoms with Gasteiger partial charge in [-0.05, 0) is 55.1 Å². The largest absolute Gasteiger partial charge is 0.497 e. The molecule has 0 aliphatic carbocycles. The van der Waals surface area contributed by atoms with Crippen molar-refractivity contribution >= 4 is 35.1 Å². The molecule has 1 aromatic rings. The molecule has 0 aromatic heterocycles. The monoisotopic (exact) mass is 474 g/mol.